The summed E-state index contributed by atoms with van der Waals surface area (Å²) in [7, 11) is 0. The predicted molar refractivity (Wildman–Crippen MR) is 153 cm³/mol. The van der Waals surface area contributed by atoms with Crippen molar-refractivity contribution >= 4 is 63.0 Å². The number of aromatic nitrogens is 2. The lowest BCUT2D eigenvalue weighted by Gasteiger charge is -2.12. The molecule has 1 saturated heterocycles. The standard InChI is InChI=1S/C28H23FN6O6S/c29-19-8-4-17(5-9-19)16-23-27(37)34(28(38)42-23)15-3-1-2-14-30-26(36)18-6-10-20(11-7-18)31-21-12-13-22(35(39)40)25-24(21)32-41-33-25/h4-13,16,31H,1-3,14-15H2,(H,30,36)/b23-16-. The minimum Gasteiger partial charge on any atom is -0.354 e. The molecule has 0 atom stereocenters. The van der Waals surface area contributed by atoms with Crippen LogP contribution in [0, 0.1) is 15.9 Å². The molecule has 5 rings (SSSR count). The Morgan fingerprint density at radius 2 is 1.74 bits per heavy atom. The van der Waals surface area contributed by atoms with Gasteiger partial charge >= 0.3 is 5.69 Å². The van der Waals surface area contributed by atoms with E-state index in [4.69, 9.17) is 0 Å². The molecule has 12 nitrogen and oxygen atoms in total. The summed E-state index contributed by atoms with van der Waals surface area (Å²) >= 11 is 0.863. The second-order valence-corrected chi connectivity index (χ2v) is 10.2. The molecular weight excluding hydrogens is 567 g/mol. The van der Waals surface area contributed by atoms with Gasteiger partial charge in [0.1, 0.15) is 5.82 Å². The molecule has 2 heterocycles. The Bertz CT molecular complexity index is 1690. The Balaban J connectivity index is 1.05. The van der Waals surface area contributed by atoms with Gasteiger partial charge in [-0.25, -0.2) is 9.02 Å². The van der Waals surface area contributed by atoms with E-state index in [1.165, 1.54) is 29.2 Å². The van der Waals surface area contributed by atoms with Gasteiger partial charge in [0.2, 0.25) is 5.52 Å². The molecule has 14 heteroatoms. The van der Waals surface area contributed by atoms with Crippen LogP contribution >= 0.6 is 11.8 Å². The number of anilines is 2. The average molecular weight is 591 g/mol. The maximum atomic E-state index is 13.1. The predicted octanol–water partition coefficient (Wildman–Crippen LogP) is 5.65. The molecule has 0 unspecified atom stereocenters. The Labute approximate surface area is 242 Å². The van der Waals surface area contributed by atoms with E-state index in [1.807, 2.05) is 0 Å². The second-order valence-electron chi connectivity index (χ2n) is 9.25. The summed E-state index contributed by atoms with van der Waals surface area (Å²) in [6.07, 6.45) is 3.53. The fourth-order valence-electron chi connectivity index (χ4n) is 4.24. The summed E-state index contributed by atoms with van der Waals surface area (Å²) in [5.41, 5.74) is 2.20. The molecule has 2 N–H and O–H groups in total. The number of nitrogens with zero attached hydrogens (tertiary/aromatic N) is 4. The third kappa shape index (κ3) is 6.44. The van der Waals surface area contributed by atoms with Gasteiger partial charge in [-0.05, 0) is 95.4 Å². The number of rotatable bonds is 11. The molecule has 42 heavy (non-hydrogen) atoms. The van der Waals surface area contributed by atoms with E-state index in [0.29, 0.717) is 53.2 Å². The number of thioether (sulfide) groups is 1. The summed E-state index contributed by atoms with van der Waals surface area (Å²) in [6.45, 7) is 0.699. The summed E-state index contributed by atoms with van der Waals surface area (Å²) in [5, 5.41) is 24.1. The summed E-state index contributed by atoms with van der Waals surface area (Å²) < 4.78 is 17.8. The Morgan fingerprint density at radius 1 is 1.00 bits per heavy atom. The molecule has 1 fully saturated rings. The minimum atomic E-state index is -0.565. The topological polar surface area (TPSA) is 161 Å². The Kier molecular flexibility index (Phi) is 8.52. The molecule has 0 saturated carbocycles. The molecule has 4 aromatic rings. The van der Waals surface area contributed by atoms with Crippen molar-refractivity contribution in [3.05, 3.63) is 92.6 Å². The number of amides is 3. The molecule has 1 aliphatic heterocycles. The van der Waals surface area contributed by atoms with Crippen LogP contribution < -0.4 is 10.6 Å². The van der Waals surface area contributed by atoms with E-state index in [1.54, 1.807) is 42.5 Å². The van der Waals surface area contributed by atoms with E-state index in [0.717, 1.165) is 11.8 Å². The fraction of sp³-hybridized carbons (Fsp3) is 0.179. The number of imide groups is 1. The van der Waals surface area contributed by atoms with E-state index >= 15 is 0 Å². The molecule has 3 aromatic carbocycles. The fourth-order valence-corrected chi connectivity index (χ4v) is 5.11. The number of hydrogen-bond acceptors (Lipinski definition) is 10. The normalized spacial score (nSPS) is 14.1. The quantitative estimate of drug-likeness (QED) is 0.0966. The number of unbranched alkanes of at least 4 members (excludes halogenated alkanes) is 2. The number of benzene rings is 3. The first kappa shape index (κ1) is 28.4. The van der Waals surface area contributed by atoms with Gasteiger partial charge in [-0.3, -0.25) is 29.4 Å². The minimum absolute atomic E-state index is 0.0296. The summed E-state index contributed by atoms with van der Waals surface area (Å²) in [5.74, 6) is -0.996. The van der Waals surface area contributed by atoms with Crippen LogP contribution in [0.15, 0.2) is 70.2 Å². The van der Waals surface area contributed by atoms with Crippen LogP contribution in [0.3, 0.4) is 0 Å². The van der Waals surface area contributed by atoms with E-state index in [2.05, 4.69) is 25.6 Å². The molecule has 3 amide bonds. The number of nitrogens with one attached hydrogen (secondary N) is 2. The molecule has 0 spiro atoms. The number of carbonyl (C=O) groups excluding carboxylic acids is 3. The number of nitro benzene ring substituents is 1. The van der Waals surface area contributed by atoms with E-state index in [-0.39, 0.29) is 46.1 Å². The van der Waals surface area contributed by atoms with Gasteiger partial charge in [-0.15, -0.1) is 0 Å². The van der Waals surface area contributed by atoms with Crippen molar-refractivity contribution in [1.82, 2.24) is 20.5 Å². The van der Waals surface area contributed by atoms with Crippen molar-refractivity contribution in [1.29, 1.82) is 0 Å². The zero-order chi connectivity index (χ0) is 29.6. The SMILES string of the molecule is O=C(NCCCCCN1C(=O)S/C(=C\c2ccc(F)cc2)C1=O)c1ccc(Nc2ccc([N+](=O)[O-])c3nonc23)cc1. The average Bonchev–Trinajstić information content (AvgIpc) is 3.57. The highest BCUT2D eigenvalue weighted by molar-refractivity contribution is 8.18. The van der Waals surface area contributed by atoms with E-state index in [9.17, 15) is 28.9 Å². The lowest BCUT2D eigenvalue weighted by molar-refractivity contribution is -0.383. The van der Waals surface area contributed by atoms with Gasteiger partial charge in [0.15, 0.2) is 5.52 Å². The number of nitro groups is 1. The highest BCUT2D eigenvalue weighted by Gasteiger charge is 2.34. The van der Waals surface area contributed by atoms with Gasteiger partial charge in [-0.1, -0.05) is 12.1 Å². The molecule has 1 aliphatic rings. The van der Waals surface area contributed by atoms with Crippen molar-refractivity contribution in [3.8, 4) is 0 Å². The highest BCUT2D eigenvalue weighted by Crippen LogP contribution is 2.33. The van der Waals surface area contributed by atoms with Crippen molar-refractivity contribution in [3.63, 3.8) is 0 Å². The number of fused-ring (bicyclic) bond motifs is 1. The highest BCUT2D eigenvalue weighted by atomic mass is 32.2. The first-order valence-electron chi connectivity index (χ1n) is 12.9. The summed E-state index contributed by atoms with van der Waals surface area (Å²) in [6, 6.07) is 15.1. The first-order chi connectivity index (χ1) is 20.3. The van der Waals surface area contributed by atoms with Crippen LogP contribution in [0.1, 0.15) is 35.2 Å². The molecule has 0 bridgehead atoms. The van der Waals surface area contributed by atoms with Crippen LogP contribution in [0.4, 0.5) is 26.2 Å². The zero-order valence-corrected chi connectivity index (χ0v) is 22.7. The number of hydrogen-bond donors (Lipinski definition) is 2. The first-order valence-corrected chi connectivity index (χ1v) is 13.7. The molecule has 214 valence electrons. The maximum absolute atomic E-state index is 13.1. The third-order valence-electron chi connectivity index (χ3n) is 6.40. The van der Waals surface area contributed by atoms with E-state index < -0.39 is 4.92 Å². The smallest absolute Gasteiger partial charge is 0.300 e. The van der Waals surface area contributed by atoms with Crippen LogP contribution in [0.5, 0.6) is 0 Å². The third-order valence-corrected chi connectivity index (χ3v) is 7.31. The lowest BCUT2D eigenvalue weighted by atomic mass is 10.1. The monoisotopic (exact) mass is 590 g/mol. The maximum Gasteiger partial charge on any atom is 0.300 e. The van der Waals surface area contributed by atoms with Crippen molar-refractivity contribution in [2.75, 3.05) is 18.4 Å². The second kappa shape index (κ2) is 12.6. The van der Waals surface area contributed by atoms with Gasteiger partial charge in [0.05, 0.1) is 15.5 Å². The van der Waals surface area contributed by atoms with Gasteiger partial charge in [0, 0.05) is 30.4 Å². The molecule has 0 aliphatic carbocycles. The number of carbonyl (C=O) groups is 3. The number of non-ortho nitro benzene ring substituents is 1. The van der Waals surface area contributed by atoms with Crippen molar-refractivity contribution in [2.45, 2.75) is 19.3 Å². The van der Waals surface area contributed by atoms with Crippen LogP contribution in [0.25, 0.3) is 17.1 Å². The van der Waals surface area contributed by atoms with Gasteiger partial charge < -0.3 is 10.6 Å². The molecule has 1 aromatic heterocycles. The van der Waals surface area contributed by atoms with Gasteiger partial charge in [0.25, 0.3) is 17.1 Å². The number of halogens is 1. The molecular formula is C28H23FN6O6S. The molecule has 0 radical (unpaired) electrons. The van der Waals surface area contributed by atoms with Crippen LogP contribution in [-0.4, -0.2) is 50.3 Å². The van der Waals surface area contributed by atoms with Gasteiger partial charge in [-0.2, -0.15) is 0 Å². The largest absolute Gasteiger partial charge is 0.354 e. The van der Waals surface area contributed by atoms with Crippen molar-refractivity contribution < 1.29 is 28.3 Å². The van der Waals surface area contributed by atoms with Crippen molar-refractivity contribution in [2.24, 2.45) is 0 Å². The lowest BCUT2D eigenvalue weighted by Crippen LogP contribution is -2.29. The Hall–Kier alpha value is -5.11. The van der Waals surface area contributed by atoms with Crippen LogP contribution in [0.2, 0.25) is 0 Å². The zero-order valence-electron chi connectivity index (χ0n) is 21.9. The van der Waals surface area contributed by atoms with Crippen LogP contribution in [-0.2, 0) is 4.79 Å². The summed E-state index contributed by atoms with van der Waals surface area (Å²) in [4.78, 5) is 49.5. The Morgan fingerprint density at radius 3 is 2.48 bits per heavy atom.